The molecule has 2 heterocycles. The lowest BCUT2D eigenvalue weighted by Crippen LogP contribution is -2.49. The second kappa shape index (κ2) is 3.18. The van der Waals surface area contributed by atoms with Gasteiger partial charge in [0.15, 0.2) is 0 Å². The molecule has 3 heteroatoms. The molecule has 0 amide bonds. The van der Waals surface area contributed by atoms with Gasteiger partial charge in [0.2, 0.25) is 0 Å². The minimum atomic E-state index is 0.561. The Morgan fingerprint density at radius 1 is 1.47 bits per heavy atom. The quantitative estimate of drug-likeness (QED) is 0.738. The molecular formula is C12H11N3. The predicted octanol–water partition coefficient (Wildman–Crippen LogP) is 1.33. The Bertz CT molecular complexity index is 470. The fourth-order valence-electron chi connectivity index (χ4n) is 2.27. The molecule has 1 fully saturated rings. The molecule has 0 bridgehead atoms. The lowest BCUT2D eigenvalue weighted by molar-refractivity contribution is 0.301. The fourth-order valence-corrected chi connectivity index (χ4v) is 2.27. The molecule has 0 saturated carbocycles. The van der Waals surface area contributed by atoms with Crippen molar-refractivity contribution in [3.8, 4) is 6.07 Å². The fraction of sp³-hybridized carbons (Fsp3) is 0.333. The van der Waals surface area contributed by atoms with Gasteiger partial charge in [-0.05, 0) is 29.5 Å². The van der Waals surface area contributed by atoms with Crippen LogP contribution in [0.2, 0.25) is 0 Å². The largest absolute Gasteiger partial charge is 0.310 e. The van der Waals surface area contributed by atoms with E-state index in [4.69, 9.17) is 5.26 Å². The monoisotopic (exact) mass is 197 g/mol. The summed E-state index contributed by atoms with van der Waals surface area (Å²) in [4.78, 5) is 4.09. The number of aromatic nitrogens is 1. The van der Waals surface area contributed by atoms with Crippen molar-refractivity contribution in [2.24, 2.45) is 5.92 Å². The van der Waals surface area contributed by atoms with E-state index in [1.165, 1.54) is 5.57 Å². The summed E-state index contributed by atoms with van der Waals surface area (Å²) >= 11 is 0. The van der Waals surface area contributed by atoms with Crippen LogP contribution in [0.15, 0.2) is 24.5 Å². The number of nitrogens with one attached hydrogen (secondary N) is 1. The van der Waals surface area contributed by atoms with Gasteiger partial charge in [0.05, 0.1) is 5.56 Å². The molecule has 2 aliphatic rings. The van der Waals surface area contributed by atoms with Gasteiger partial charge in [-0.25, -0.2) is 0 Å². The third-order valence-corrected chi connectivity index (χ3v) is 3.22. The van der Waals surface area contributed by atoms with Gasteiger partial charge in [-0.2, -0.15) is 5.26 Å². The molecule has 0 spiro atoms. The van der Waals surface area contributed by atoms with Crippen molar-refractivity contribution in [3.63, 3.8) is 0 Å². The van der Waals surface area contributed by atoms with Crippen molar-refractivity contribution < 1.29 is 0 Å². The van der Waals surface area contributed by atoms with Crippen molar-refractivity contribution in [1.82, 2.24) is 10.3 Å². The lowest BCUT2D eigenvalue weighted by atomic mass is 9.93. The number of hydrogen-bond acceptors (Lipinski definition) is 3. The highest BCUT2D eigenvalue weighted by Crippen LogP contribution is 2.36. The molecule has 1 aromatic heterocycles. The number of hydrogen-bond donors (Lipinski definition) is 1. The van der Waals surface area contributed by atoms with Gasteiger partial charge in [0, 0.05) is 25.0 Å². The molecule has 74 valence electrons. The summed E-state index contributed by atoms with van der Waals surface area (Å²) in [7, 11) is 0. The van der Waals surface area contributed by atoms with Crippen molar-refractivity contribution in [2.75, 3.05) is 6.54 Å². The van der Waals surface area contributed by atoms with Crippen molar-refractivity contribution in [3.05, 3.63) is 35.7 Å². The molecule has 0 aromatic carbocycles. The number of nitrogens with zero attached hydrogens (tertiary/aromatic N) is 2. The first-order valence-electron chi connectivity index (χ1n) is 5.16. The Hall–Kier alpha value is -1.66. The summed E-state index contributed by atoms with van der Waals surface area (Å²) in [6.45, 7) is 1.12. The van der Waals surface area contributed by atoms with Crippen LogP contribution in [0.5, 0.6) is 0 Å². The molecule has 0 unspecified atom stereocenters. The van der Waals surface area contributed by atoms with Gasteiger partial charge in [0.25, 0.3) is 0 Å². The Kier molecular flexibility index (Phi) is 1.83. The third-order valence-electron chi connectivity index (χ3n) is 3.22. The van der Waals surface area contributed by atoms with Gasteiger partial charge in [0.1, 0.15) is 6.07 Å². The maximum Gasteiger partial charge on any atom is 0.101 e. The highest BCUT2D eigenvalue weighted by atomic mass is 15.0. The smallest absolute Gasteiger partial charge is 0.101 e. The average molecular weight is 197 g/mol. The van der Waals surface area contributed by atoms with Crippen LogP contribution in [-0.2, 0) is 0 Å². The molecule has 15 heavy (non-hydrogen) atoms. The standard InChI is InChI=1S/C12H11N3/c13-4-8-1-10(6-14-5-8)9-2-11-7-15-12(11)3-9/h1,3,5-6,11-12,15H,2,7H2/t11-,12-/m0/s1. The Morgan fingerprint density at radius 3 is 3.00 bits per heavy atom. The second-order valence-electron chi connectivity index (χ2n) is 4.16. The maximum absolute atomic E-state index is 8.80. The minimum Gasteiger partial charge on any atom is -0.310 e. The van der Waals surface area contributed by atoms with E-state index in [-0.39, 0.29) is 0 Å². The molecule has 1 aliphatic carbocycles. The molecule has 1 aliphatic heterocycles. The molecule has 1 saturated heterocycles. The van der Waals surface area contributed by atoms with E-state index in [0.717, 1.165) is 24.4 Å². The van der Waals surface area contributed by atoms with E-state index in [1.807, 2.05) is 12.3 Å². The van der Waals surface area contributed by atoms with E-state index >= 15 is 0 Å². The number of nitriles is 1. The highest BCUT2D eigenvalue weighted by molar-refractivity contribution is 5.69. The molecule has 2 atom stereocenters. The van der Waals surface area contributed by atoms with E-state index < -0.39 is 0 Å². The summed E-state index contributed by atoms with van der Waals surface area (Å²) in [6.07, 6.45) is 6.84. The zero-order valence-electron chi connectivity index (χ0n) is 8.27. The molecule has 1 N–H and O–H groups in total. The maximum atomic E-state index is 8.80. The molecule has 3 nitrogen and oxygen atoms in total. The average Bonchev–Trinajstić information content (AvgIpc) is 2.55. The first-order chi connectivity index (χ1) is 7.36. The van der Waals surface area contributed by atoms with Crippen LogP contribution < -0.4 is 5.32 Å². The molecular weight excluding hydrogens is 186 g/mol. The highest BCUT2D eigenvalue weighted by Gasteiger charge is 2.34. The molecule has 1 aromatic rings. The summed E-state index contributed by atoms with van der Waals surface area (Å²) in [5.41, 5.74) is 3.07. The van der Waals surface area contributed by atoms with Crippen LogP contribution in [0.25, 0.3) is 5.57 Å². The summed E-state index contributed by atoms with van der Waals surface area (Å²) in [5, 5.41) is 12.2. The lowest BCUT2D eigenvalue weighted by Gasteiger charge is -2.31. The second-order valence-corrected chi connectivity index (χ2v) is 4.16. The van der Waals surface area contributed by atoms with Crippen molar-refractivity contribution in [1.29, 1.82) is 5.26 Å². The van der Waals surface area contributed by atoms with E-state index in [0.29, 0.717) is 11.6 Å². The van der Waals surface area contributed by atoms with Crippen LogP contribution in [0.3, 0.4) is 0 Å². The van der Waals surface area contributed by atoms with E-state index in [2.05, 4.69) is 22.4 Å². The van der Waals surface area contributed by atoms with Gasteiger partial charge in [-0.1, -0.05) is 6.08 Å². The van der Waals surface area contributed by atoms with Gasteiger partial charge in [-0.3, -0.25) is 4.98 Å². The molecule has 0 radical (unpaired) electrons. The summed E-state index contributed by atoms with van der Waals surface area (Å²) in [6, 6.07) is 4.60. The van der Waals surface area contributed by atoms with Gasteiger partial charge >= 0.3 is 0 Å². The third kappa shape index (κ3) is 1.34. The topological polar surface area (TPSA) is 48.7 Å². The number of rotatable bonds is 1. The Morgan fingerprint density at radius 2 is 2.40 bits per heavy atom. The SMILES string of the molecule is N#Cc1cncc(C2=C[C@@H]3NC[C@@H]3C2)c1. The normalized spacial score (nSPS) is 27.5. The van der Waals surface area contributed by atoms with Crippen LogP contribution >= 0.6 is 0 Å². The summed E-state index contributed by atoms with van der Waals surface area (Å²) in [5.74, 6) is 0.769. The van der Waals surface area contributed by atoms with Crippen LogP contribution in [0.4, 0.5) is 0 Å². The Labute approximate surface area is 88.4 Å². The van der Waals surface area contributed by atoms with Crippen LogP contribution in [0.1, 0.15) is 17.5 Å². The predicted molar refractivity (Wildman–Crippen MR) is 56.8 cm³/mol. The summed E-state index contributed by atoms with van der Waals surface area (Å²) < 4.78 is 0. The number of pyridine rings is 1. The molecule has 3 rings (SSSR count). The van der Waals surface area contributed by atoms with Crippen molar-refractivity contribution in [2.45, 2.75) is 12.5 Å². The van der Waals surface area contributed by atoms with E-state index in [1.54, 1.807) is 6.20 Å². The van der Waals surface area contributed by atoms with Crippen LogP contribution in [0, 0.1) is 17.2 Å². The first kappa shape index (κ1) is 8.63. The van der Waals surface area contributed by atoms with Gasteiger partial charge < -0.3 is 5.32 Å². The number of allylic oxidation sites excluding steroid dienone is 1. The van der Waals surface area contributed by atoms with E-state index in [9.17, 15) is 0 Å². The van der Waals surface area contributed by atoms with Crippen LogP contribution in [-0.4, -0.2) is 17.6 Å². The van der Waals surface area contributed by atoms with Crippen molar-refractivity contribution >= 4 is 5.57 Å². The zero-order chi connectivity index (χ0) is 10.3. The minimum absolute atomic E-state index is 0.561. The number of fused-ring (bicyclic) bond motifs is 1. The first-order valence-corrected chi connectivity index (χ1v) is 5.16. The zero-order valence-corrected chi connectivity index (χ0v) is 8.27. The van der Waals surface area contributed by atoms with Gasteiger partial charge in [-0.15, -0.1) is 0 Å². The Balaban J connectivity index is 1.93.